The van der Waals surface area contributed by atoms with Crippen LogP contribution in [0.4, 0.5) is 22.7 Å². The minimum atomic E-state index is -0.599. The zero-order valence-electron chi connectivity index (χ0n) is 13.1. The molecule has 0 saturated carbocycles. The molecule has 10 nitrogen and oxygen atoms in total. The van der Waals surface area contributed by atoms with Gasteiger partial charge in [0.1, 0.15) is 0 Å². The predicted molar refractivity (Wildman–Crippen MR) is 92.6 cm³/mol. The number of hydrogen-bond donors (Lipinski definition) is 2. The molecule has 2 amide bonds. The smallest absolute Gasteiger partial charge is 0.269 e. The molecule has 0 bridgehead atoms. The predicted octanol–water partition coefficient (Wildman–Crippen LogP) is 2.64. The zero-order valence-corrected chi connectivity index (χ0v) is 13.1. The van der Waals surface area contributed by atoms with Crippen LogP contribution in [0.5, 0.6) is 0 Å². The molecule has 0 fully saturated rings. The largest absolute Gasteiger partial charge is 0.323 e. The third kappa shape index (κ3) is 5.23. The van der Waals surface area contributed by atoms with Crippen LogP contribution in [0.1, 0.15) is 0 Å². The Morgan fingerprint density at radius 2 is 1.00 bits per heavy atom. The van der Waals surface area contributed by atoms with E-state index in [-0.39, 0.29) is 11.4 Å². The Balaban J connectivity index is 1.89. The van der Waals surface area contributed by atoms with Crippen LogP contribution < -0.4 is 10.6 Å². The standard InChI is InChI=1S/C16H12N4O6/c21-15(17-11-1-5-13(6-2-11)19(23)24)9-10-16(22)18-12-3-7-14(8-4-12)20(25)26/h1-10H,(H,17,21)(H,18,22)/b10-9+. The first kappa shape index (κ1) is 18.3. The highest BCUT2D eigenvalue weighted by Gasteiger charge is 2.07. The molecule has 0 aliphatic rings. The molecule has 2 rings (SSSR count). The van der Waals surface area contributed by atoms with Gasteiger partial charge in [0.2, 0.25) is 11.8 Å². The molecule has 2 N–H and O–H groups in total. The normalized spacial score (nSPS) is 10.3. The molecular formula is C16H12N4O6. The second-order valence-electron chi connectivity index (χ2n) is 4.92. The lowest BCUT2D eigenvalue weighted by Crippen LogP contribution is -2.12. The number of nitrogens with zero attached hydrogens (tertiary/aromatic N) is 2. The van der Waals surface area contributed by atoms with Crippen molar-refractivity contribution in [3.8, 4) is 0 Å². The summed E-state index contributed by atoms with van der Waals surface area (Å²) in [6, 6.07) is 10.4. The van der Waals surface area contributed by atoms with Gasteiger partial charge in [-0.05, 0) is 24.3 Å². The zero-order chi connectivity index (χ0) is 19.1. The van der Waals surface area contributed by atoms with Crippen LogP contribution >= 0.6 is 0 Å². The van der Waals surface area contributed by atoms with E-state index in [1.165, 1.54) is 48.5 Å². The monoisotopic (exact) mass is 356 g/mol. The summed E-state index contributed by atoms with van der Waals surface area (Å²) in [6.45, 7) is 0. The molecule has 0 aliphatic carbocycles. The number of amides is 2. The van der Waals surface area contributed by atoms with Gasteiger partial charge in [0.05, 0.1) is 9.85 Å². The highest BCUT2D eigenvalue weighted by molar-refractivity contribution is 6.06. The maximum Gasteiger partial charge on any atom is 0.269 e. The summed E-state index contributed by atoms with van der Waals surface area (Å²) in [7, 11) is 0. The molecule has 0 unspecified atom stereocenters. The fourth-order valence-corrected chi connectivity index (χ4v) is 1.85. The second-order valence-corrected chi connectivity index (χ2v) is 4.92. The van der Waals surface area contributed by atoms with Gasteiger partial charge in [-0.15, -0.1) is 0 Å². The Morgan fingerprint density at radius 1 is 0.692 bits per heavy atom. The first-order valence-corrected chi connectivity index (χ1v) is 7.14. The lowest BCUT2D eigenvalue weighted by Gasteiger charge is -2.02. The first-order chi connectivity index (χ1) is 12.3. The molecule has 0 saturated heterocycles. The Hall–Kier alpha value is -4.08. The van der Waals surface area contributed by atoms with Crippen LogP contribution in [0.15, 0.2) is 60.7 Å². The summed E-state index contributed by atoms with van der Waals surface area (Å²) in [6.07, 6.45) is 1.98. The number of nitro groups is 2. The van der Waals surface area contributed by atoms with Crippen molar-refractivity contribution in [1.29, 1.82) is 0 Å². The fraction of sp³-hybridized carbons (Fsp3) is 0. The van der Waals surface area contributed by atoms with Crippen molar-refractivity contribution in [2.24, 2.45) is 0 Å². The lowest BCUT2D eigenvalue weighted by atomic mass is 10.2. The average Bonchev–Trinajstić information content (AvgIpc) is 2.61. The first-order valence-electron chi connectivity index (χ1n) is 7.14. The summed E-state index contributed by atoms with van der Waals surface area (Å²) in [5.41, 5.74) is 0.448. The van der Waals surface area contributed by atoms with Gasteiger partial charge in [0.25, 0.3) is 11.4 Å². The third-order valence-corrected chi connectivity index (χ3v) is 3.08. The second kappa shape index (κ2) is 8.15. The van der Waals surface area contributed by atoms with Crippen molar-refractivity contribution in [3.63, 3.8) is 0 Å². The lowest BCUT2D eigenvalue weighted by molar-refractivity contribution is -0.385. The van der Waals surface area contributed by atoms with Crippen molar-refractivity contribution in [2.45, 2.75) is 0 Å². The maximum atomic E-state index is 11.7. The van der Waals surface area contributed by atoms with Gasteiger partial charge < -0.3 is 10.6 Å². The number of nitro benzene ring substituents is 2. The highest BCUT2D eigenvalue weighted by atomic mass is 16.6. The minimum absolute atomic E-state index is 0.110. The molecule has 0 atom stereocenters. The van der Waals surface area contributed by atoms with Crippen molar-refractivity contribution < 1.29 is 19.4 Å². The van der Waals surface area contributed by atoms with E-state index in [0.717, 1.165) is 12.2 Å². The van der Waals surface area contributed by atoms with E-state index in [1.54, 1.807) is 0 Å². The van der Waals surface area contributed by atoms with Crippen molar-refractivity contribution in [2.75, 3.05) is 10.6 Å². The van der Waals surface area contributed by atoms with Crippen molar-refractivity contribution in [3.05, 3.63) is 80.9 Å². The van der Waals surface area contributed by atoms with Gasteiger partial charge in [0.15, 0.2) is 0 Å². The van der Waals surface area contributed by atoms with E-state index in [4.69, 9.17) is 0 Å². The van der Waals surface area contributed by atoms with E-state index in [0.29, 0.717) is 11.4 Å². The maximum absolute atomic E-state index is 11.7. The number of hydrogen-bond acceptors (Lipinski definition) is 6. The van der Waals surface area contributed by atoms with Gasteiger partial charge >= 0.3 is 0 Å². The van der Waals surface area contributed by atoms with Gasteiger partial charge in [-0.2, -0.15) is 0 Å². The van der Waals surface area contributed by atoms with Crippen LogP contribution in [0.2, 0.25) is 0 Å². The highest BCUT2D eigenvalue weighted by Crippen LogP contribution is 2.16. The van der Waals surface area contributed by atoms with E-state index >= 15 is 0 Å². The number of benzene rings is 2. The van der Waals surface area contributed by atoms with Crippen LogP contribution in [0, 0.1) is 20.2 Å². The fourth-order valence-electron chi connectivity index (χ4n) is 1.85. The van der Waals surface area contributed by atoms with Gasteiger partial charge in [-0.3, -0.25) is 29.8 Å². The van der Waals surface area contributed by atoms with Crippen LogP contribution in [-0.4, -0.2) is 21.7 Å². The van der Waals surface area contributed by atoms with Gasteiger partial charge in [-0.1, -0.05) is 0 Å². The SMILES string of the molecule is O=C(/C=C/C(=O)Nc1ccc([N+](=O)[O-])cc1)Nc1ccc([N+](=O)[O-])cc1. The molecule has 132 valence electrons. The number of carbonyl (C=O) groups is 2. The topological polar surface area (TPSA) is 144 Å². The quantitative estimate of drug-likeness (QED) is 0.462. The summed E-state index contributed by atoms with van der Waals surface area (Å²) in [4.78, 5) is 43.4. The molecule has 2 aromatic carbocycles. The van der Waals surface area contributed by atoms with Gasteiger partial charge in [0, 0.05) is 47.8 Å². The molecule has 10 heteroatoms. The molecule has 0 spiro atoms. The average molecular weight is 356 g/mol. The summed E-state index contributed by atoms with van der Waals surface area (Å²) in [5.74, 6) is -1.20. The number of carbonyl (C=O) groups excluding carboxylic acids is 2. The Kier molecular flexibility index (Phi) is 5.72. The number of non-ortho nitro benzene ring substituents is 2. The summed E-state index contributed by atoms with van der Waals surface area (Å²) >= 11 is 0. The van der Waals surface area contributed by atoms with Crippen molar-refractivity contribution in [1.82, 2.24) is 0 Å². The van der Waals surface area contributed by atoms with E-state index < -0.39 is 21.7 Å². The van der Waals surface area contributed by atoms with E-state index in [1.807, 2.05) is 0 Å². The Morgan fingerprint density at radius 3 is 1.27 bits per heavy atom. The Labute approximate surface area is 146 Å². The number of anilines is 2. The molecule has 0 radical (unpaired) electrons. The molecular weight excluding hydrogens is 344 g/mol. The van der Waals surface area contributed by atoms with E-state index in [9.17, 15) is 29.8 Å². The van der Waals surface area contributed by atoms with E-state index in [2.05, 4.69) is 10.6 Å². The Bertz CT molecular complexity index is 801. The van der Waals surface area contributed by atoms with Crippen LogP contribution in [0.25, 0.3) is 0 Å². The molecule has 0 aromatic heterocycles. The van der Waals surface area contributed by atoms with Crippen molar-refractivity contribution >= 4 is 34.6 Å². The minimum Gasteiger partial charge on any atom is -0.323 e. The molecule has 2 aromatic rings. The van der Waals surface area contributed by atoms with Crippen LogP contribution in [0.3, 0.4) is 0 Å². The third-order valence-electron chi connectivity index (χ3n) is 3.08. The molecule has 0 aliphatic heterocycles. The number of nitrogens with one attached hydrogen (secondary N) is 2. The molecule has 0 heterocycles. The summed E-state index contributed by atoms with van der Waals surface area (Å²) < 4.78 is 0. The van der Waals surface area contributed by atoms with Gasteiger partial charge in [-0.25, -0.2) is 0 Å². The summed E-state index contributed by atoms with van der Waals surface area (Å²) in [5, 5.41) is 26.0. The number of rotatable bonds is 6. The van der Waals surface area contributed by atoms with Crippen LogP contribution in [-0.2, 0) is 9.59 Å². The molecule has 26 heavy (non-hydrogen) atoms.